The zero-order chi connectivity index (χ0) is 16.1. The minimum atomic E-state index is -2.69. The third-order valence-electron chi connectivity index (χ3n) is 2.92. The number of nitrogens with one attached hydrogen (secondary N) is 1. The smallest absolute Gasteiger partial charge is 0.280 e. The lowest BCUT2D eigenvalue weighted by atomic mass is 10.1. The highest BCUT2D eigenvalue weighted by atomic mass is 19.3. The molecule has 3 N–H and O–H groups in total. The molecule has 8 heteroatoms. The number of rotatable bonds is 5. The number of hydrogen-bond donors (Lipinski definition) is 2. The predicted octanol–water partition coefficient (Wildman–Crippen LogP) is 2.38. The number of aliphatic imine (C=N–C) groups is 1. The van der Waals surface area contributed by atoms with Crippen molar-refractivity contribution in [2.75, 3.05) is 17.7 Å². The number of carbonyl (C=O) groups is 1. The largest absolute Gasteiger partial charge is 0.491 e. The molecule has 2 rings (SSSR count). The standard InChI is InChI=1S/C14H16F2N4O2/c1-2-22-11-6-12(17)18-7-10(11)20-14(21)9-5-3-4-8(19-9)13(15)16/h4,6-7,13H,2-3,5H2,1H3,(H2,17,18)(H,20,21). The fourth-order valence-electron chi connectivity index (χ4n) is 1.93. The van der Waals surface area contributed by atoms with Gasteiger partial charge in [0.05, 0.1) is 12.8 Å². The Bertz CT molecular complexity index is 629. The van der Waals surface area contributed by atoms with Crippen molar-refractivity contribution in [3.8, 4) is 5.75 Å². The Morgan fingerprint density at radius 3 is 3.00 bits per heavy atom. The summed E-state index contributed by atoms with van der Waals surface area (Å²) in [5.74, 6) is 0.0579. The molecular weight excluding hydrogens is 294 g/mol. The second-order valence-electron chi connectivity index (χ2n) is 4.52. The van der Waals surface area contributed by atoms with Crippen molar-refractivity contribution in [1.29, 1.82) is 0 Å². The summed E-state index contributed by atoms with van der Waals surface area (Å²) >= 11 is 0. The van der Waals surface area contributed by atoms with Gasteiger partial charge in [0.2, 0.25) is 0 Å². The number of aromatic nitrogens is 1. The summed E-state index contributed by atoms with van der Waals surface area (Å²) in [6, 6.07) is 1.48. The molecule has 6 nitrogen and oxygen atoms in total. The summed E-state index contributed by atoms with van der Waals surface area (Å²) in [5, 5.41) is 2.57. The molecule has 0 atom stereocenters. The van der Waals surface area contributed by atoms with Crippen LogP contribution in [0.5, 0.6) is 5.75 Å². The van der Waals surface area contributed by atoms with Gasteiger partial charge in [0.25, 0.3) is 12.3 Å². The molecule has 1 aromatic heterocycles. The Kier molecular flexibility index (Phi) is 5.03. The molecule has 1 aliphatic rings. The first-order valence-electron chi connectivity index (χ1n) is 6.76. The van der Waals surface area contributed by atoms with Crippen LogP contribution in [-0.2, 0) is 4.79 Å². The Morgan fingerprint density at radius 1 is 1.55 bits per heavy atom. The normalized spacial score (nSPS) is 14.4. The number of allylic oxidation sites excluding steroid dienone is 2. The van der Waals surface area contributed by atoms with E-state index in [0.29, 0.717) is 30.9 Å². The fraction of sp³-hybridized carbons (Fsp3) is 0.357. The maximum absolute atomic E-state index is 12.6. The van der Waals surface area contributed by atoms with Crippen molar-refractivity contribution < 1.29 is 18.3 Å². The first kappa shape index (κ1) is 15.9. The van der Waals surface area contributed by atoms with Crippen molar-refractivity contribution in [1.82, 2.24) is 4.98 Å². The van der Waals surface area contributed by atoms with Gasteiger partial charge in [0, 0.05) is 6.07 Å². The number of anilines is 2. The molecule has 0 aromatic carbocycles. The number of pyridine rings is 1. The third-order valence-corrected chi connectivity index (χ3v) is 2.92. The van der Waals surface area contributed by atoms with Crippen LogP contribution >= 0.6 is 0 Å². The maximum atomic E-state index is 12.6. The van der Waals surface area contributed by atoms with Gasteiger partial charge in [-0.3, -0.25) is 4.79 Å². The lowest BCUT2D eigenvalue weighted by Crippen LogP contribution is -2.25. The number of carbonyl (C=O) groups excluding carboxylic acids is 1. The van der Waals surface area contributed by atoms with Gasteiger partial charge in [-0.05, 0) is 19.8 Å². The second kappa shape index (κ2) is 6.97. The van der Waals surface area contributed by atoms with Gasteiger partial charge in [0.15, 0.2) is 0 Å². The van der Waals surface area contributed by atoms with Crippen LogP contribution in [0.4, 0.5) is 20.3 Å². The van der Waals surface area contributed by atoms with Gasteiger partial charge in [-0.25, -0.2) is 18.8 Å². The number of hydrogen-bond acceptors (Lipinski definition) is 5. The molecule has 1 aliphatic heterocycles. The molecule has 118 valence electrons. The maximum Gasteiger partial charge on any atom is 0.280 e. The monoisotopic (exact) mass is 310 g/mol. The van der Waals surface area contributed by atoms with Crippen LogP contribution < -0.4 is 15.8 Å². The molecular formula is C14H16F2N4O2. The lowest BCUT2D eigenvalue weighted by molar-refractivity contribution is -0.110. The van der Waals surface area contributed by atoms with Crippen molar-refractivity contribution in [2.45, 2.75) is 26.2 Å². The average Bonchev–Trinajstić information content (AvgIpc) is 2.50. The Hall–Kier alpha value is -2.51. The Balaban J connectivity index is 2.17. The number of ether oxygens (including phenoxy) is 1. The fourth-order valence-corrected chi connectivity index (χ4v) is 1.93. The number of nitrogens with two attached hydrogens (primary N) is 1. The van der Waals surface area contributed by atoms with E-state index in [0.717, 1.165) is 0 Å². The van der Waals surface area contributed by atoms with E-state index in [-0.39, 0.29) is 17.2 Å². The number of alkyl halides is 2. The molecule has 2 heterocycles. The molecule has 0 unspecified atom stereocenters. The molecule has 22 heavy (non-hydrogen) atoms. The summed E-state index contributed by atoms with van der Waals surface area (Å²) in [7, 11) is 0. The van der Waals surface area contributed by atoms with Crippen molar-refractivity contribution in [2.24, 2.45) is 4.99 Å². The summed E-state index contributed by atoms with van der Waals surface area (Å²) in [4.78, 5) is 19.7. The molecule has 0 saturated heterocycles. The zero-order valence-corrected chi connectivity index (χ0v) is 12.0. The highest BCUT2D eigenvalue weighted by Gasteiger charge is 2.20. The van der Waals surface area contributed by atoms with Crippen LogP contribution in [0.25, 0.3) is 0 Å². The SMILES string of the molecule is CCOc1cc(N)ncc1NC(=O)C1=NC(C(F)F)=CCC1. The predicted molar refractivity (Wildman–Crippen MR) is 79.2 cm³/mol. The first-order valence-corrected chi connectivity index (χ1v) is 6.76. The van der Waals surface area contributed by atoms with E-state index in [1.807, 2.05) is 0 Å². The van der Waals surface area contributed by atoms with Gasteiger partial charge in [-0.1, -0.05) is 6.08 Å². The number of halogens is 2. The molecule has 1 aromatic rings. The topological polar surface area (TPSA) is 89.6 Å². The van der Waals surface area contributed by atoms with Gasteiger partial charge in [-0.2, -0.15) is 0 Å². The summed E-state index contributed by atoms with van der Waals surface area (Å²) in [5.41, 5.74) is 5.56. The molecule has 0 aliphatic carbocycles. The van der Waals surface area contributed by atoms with E-state index in [1.54, 1.807) is 6.92 Å². The Morgan fingerprint density at radius 2 is 2.32 bits per heavy atom. The summed E-state index contributed by atoms with van der Waals surface area (Å²) < 4.78 is 30.6. The Labute approximate surface area is 126 Å². The van der Waals surface area contributed by atoms with Gasteiger partial charge in [-0.15, -0.1) is 0 Å². The highest BCUT2D eigenvalue weighted by Crippen LogP contribution is 2.26. The lowest BCUT2D eigenvalue weighted by Gasteiger charge is -2.14. The second-order valence-corrected chi connectivity index (χ2v) is 4.52. The molecule has 0 saturated carbocycles. The number of nitrogens with zero attached hydrogens (tertiary/aromatic N) is 2. The third kappa shape index (κ3) is 3.78. The van der Waals surface area contributed by atoms with E-state index in [2.05, 4.69) is 15.3 Å². The minimum Gasteiger partial charge on any atom is -0.491 e. The number of amides is 1. The molecule has 0 spiro atoms. The van der Waals surface area contributed by atoms with E-state index < -0.39 is 12.3 Å². The molecule has 0 radical (unpaired) electrons. The van der Waals surface area contributed by atoms with E-state index in [9.17, 15) is 13.6 Å². The van der Waals surface area contributed by atoms with Crippen LogP contribution in [0.15, 0.2) is 29.0 Å². The molecule has 0 bridgehead atoms. The van der Waals surface area contributed by atoms with Crippen molar-refractivity contribution in [3.05, 3.63) is 24.0 Å². The van der Waals surface area contributed by atoms with Crippen LogP contribution in [-0.4, -0.2) is 29.6 Å². The summed E-state index contributed by atoms with van der Waals surface area (Å²) in [6.45, 7) is 2.17. The van der Waals surface area contributed by atoms with Crippen LogP contribution in [0.3, 0.4) is 0 Å². The highest BCUT2D eigenvalue weighted by molar-refractivity contribution is 6.43. The number of nitrogen functional groups attached to an aromatic ring is 1. The van der Waals surface area contributed by atoms with E-state index >= 15 is 0 Å². The van der Waals surface area contributed by atoms with Crippen molar-refractivity contribution in [3.63, 3.8) is 0 Å². The zero-order valence-electron chi connectivity index (χ0n) is 12.0. The minimum absolute atomic E-state index is 0.0528. The summed E-state index contributed by atoms with van der Waals surface area (Å²) in [6.07, 6.45) is 0.641. The average molecular weight is 310 g/mol. The van der Waals surface area contributed by atoms with Gasteiger partial charge >= 0.3 is 0 Å². The van der Waals surface area contributed by atoms with E-state index in [1.165, 1.54) is 18.3 Å². The molecule has 1 amide bonds. The molecule has 0 fully saturated rings. The van der Waals surface area contributed by atoms with Crippen LogP contribution in [0.1, 0.15) is 19.8 Å². The van der Waals surface area contributed by atoms with Crippen LogP contribution in [0, 0.1) is 0 Å². The van der Waals surface area contributed by atoms with Gasteiger partial charge < -0.3 is 15.8 Å². The quantitative estimate of drug-likeness (QED) is 0.873. The van der Waals surface area contributed by atoms with Crippen molar-refractivity contribution >= 4 is 23.1 Å². The van der Waals surface area contributed by atoms with E-state index in [4.69, 9.17) is 10.5 Å². The van der Waals surface area contributed by atoms with Crippen LogP contribution in [0.2, 0.25) is 0 Å². The first-order chi connectivity index (χ1) is 10.5. The van der Waals surface area contributed by atoms with Gasteiger partial charge in [0.1, 0.15) is 28.7 Å².